The average Bonchev–Trinajstić information content (AvgIpc) is 2.25. The molecule has 0 saturated carbocycles. The molecule has 2 atom stereocenters. The molecule has 0 aromatic heterocycles. The maximum atomic E-state index is 11.5. The minimum Gasteiger partial charge on any atom is -0.481 e. The van der Waals surface area contributed by atoms with Crippen molar-refractivity contribution in [2.24, 2.45) is 5.92 Å². The Morgan fingerprint density at radius 2 is 1.82 bits per heavy atom. The van der Waals surface area contributed by atoms with Gasteiger partial charge in [0.2, 0.25) is 5.91 Å². The van der Waals surface area contributed by atoms with E-state index in [1.807, 2.05) is 0 Å². The van der Waals surface area contributed by atoms with Crippen molar-refractivity contribution in [3.63, 3.8) is 0 Å². The van der Waals surface area contributed by atoms with Crippen molar-refractivity contribution < 1.29 is 29.7 Å². The van der Waals surface area contributed by atoms with Crippen LogP contribution >= 0.6 is 0 Å². The maximum Gasteiger partial charge on any atom is 0.326 e. The first-order chi connectivity index (χ1) is 7.92. The molecule has 4 N–H and O–H groups in total. The zero-order chi connectivity index (χ0) is 13.4. The molecule has 0 radical (unpaired) electrons. The highest BCUT2D eigenvalue weighted by Gasteiger charge is 2.24. The first-order valence-corrected chi connectivity index (χ1v) is 5.28. The molecule has 0 aromatic carbocycles. The maximum absolute atomic E-state index is 11.5. The Morgan fingerprint density at radius 3 is 2.18 bits per heavy atom. The number of aliphatic hydroxyl groups excluding tert-OH is 1. The fourth-order valence-electron chi connectivity index (χ4n) is 1.21. The molecule has 7 nitrogen and oxygen atoms in total. The molecule has 2 unspecified atom stereocenters. The molecule has 0 spiro atoms. The fraction of sp³-hybridized carbons (Fsp3) is 0.700. The third-order valence-electron chi connectivity index (χ3n) is 2.35. The molecule has 0 aliphatic heterocycles. The van der Waals surface area contributed by atoms with Gasteiger partial charge in [-0.3, -0.25) is 9.59 Å². The number of carbonyl (C=O) groups is 3. The summed E-state index contributed by atoms with van der Waals surface area (Å²) in [6.07, 6.45) is -0.140. The third kappa shape index (κ3) is 5.86. The van der Waals surface area contributed by atoms with Crippen molar-refractivity contribution in [1.29, 1.82) is 0 Å². The molecule has 0 saturated heterocycles. The summed E-state index contributed by atoms with van der Waals surface area (Å²) in [5, 5.41) is 28.3. The van der Waals surface area contributed by atoms with Gasteiger partial charge in [-0.2, -0.15) is 0 Å². The lowest BCUT2D eigenvalue weighted by atomic mass is 10.1. The molecule has 0 aliphatic carbocycles. The molecule has 0 heterocycles. The van der Waals surface area contributed by atoms with E-state index in [0.29, 0.717) is 6.42 Å². The number of aliphatic hydroxyl groups is 1. The Kier molecular flexibility index (Phi) is 6.88. The Balaban J connectivity index is 4.38. The highest BCUT2D eigenvalue weighted by Crippen LogP contribution is 2.04. The van der Waals surface area contributed by atoms with E-state index in [2.05, 4.69) is 5.32 Å². The van der Waals surface area contributed by atoms with Crippen molar-refractivity contribution in [3.05, 3.63) is 0 Å². The molecule has 0 aliphatic rings. The second-order valence-electron chi connectivity index (χ2n) is 3.62. The van der Waals surface area contributed by atoms with Crippen molar-refractivity contribution in [1.82, 2.24) is 5.32 Å². The van der Waals surface area contributed by atoms with Gasteiger partial charge < -0.3 is 20.6 Å². The van der Waals surface area contributed by atoms with Crippen LogP contribution in [0.1, 0.15) is 26.2 Å². The predicted molar refractivity (Wildman–Crippen MR) is 57.3 cm³/mol. The minimum atomic E-state index is -1.28. The van der Waals surface area contributed by atoms with Gasteiger partial charge in [-0.05, 0) is 12.8 Å². The summed E-state index contributed by atoms with van der Waals surface area (Å²) in [5.74, 6) is -3.65. The predicted octanol–water partition coefficient (Wildman–Crippen LogP) is -0.561. The Labute approximate surface area is 98.4 Å². The van der Waals surface area contributed by atoms with E-state index < -0.39 is 29.8 Å². The van der Waals surface area contributed by atoms with Gasteiger partial charge in [-0.15, -0.1) is 0 Å². The highest BCUT2D eigenvalue weighted by molar-refractivity contribution is 5.85. The van der Waals surface area contributed by atoms with Gasteiger partial charge >= 0.3 is 11.9 Å². The quantitative estimate of drug-likeness (QED) is 0.455. The van der Waals surface area contributed by atoms with Crippen LogP contribution in [0, 0.1) is 5.92 Å². The van der Waals surface area contributed by atoms with Gasteiger partial charge in [0.15, 0.2) is 0 Å². The summed E-state index contributed by atoms with van der Waals surface area (Å²) in [4.78, 5) is 32.6. The minimum absolute atomic E-state index is 0.182. The first kappa shape index (κ1) is 15.4. The second kappa shape index (κ2) is 7.61. The lowest BCUT2D eigenvalue weighted by molar-refractivity contribution is -0.144. The molecular formula is C10H17NO6. The summed E-state index contributed by atoms with van der Waals surface area (Å²) >= 11 is 0. The van der Waals surface area contributed by atoms with Crippen molar-refractivity contribution in [3.8, 4) is 0 Å². The van der Waals surface area contributed by atoms with Crippen LogP contribution in [0.15, 0.2) is 0 Å². The van der Waals surface area contributed by atoms with E-state index in [9.17, 15) is 14.4 Å². The standard InChI is InChI=1S/C10H17NO6/c1-2-6(5-12)9(15)11-7(10(16)17)3-4-8(13)14/h6-7,12H,2-5H2,1H3,(H,11,15)(H,13,14)(H,16,17). The normalized spacial score (nSPS) is 13.8. The van der Waals surface area contributed by atoms with Crippen molar-refractivity contribution in [2.75, 3.05) is 6.61 Å². The number of carboxylic acids is 2. The van der Waals surface area contributed by atoms with Crippen LogP contribution < -0.4 is 5.32 Å². The number of carboxylic acid groups (broad SMARTS) is 2. The Hall–Kier alpha value is -1.63. The van der Waals surface area contributed by atoms with Gasteiger partial charge in [0.1, 0.15) is 6.04 Å². The number of amides is 1. The molecule has 0 aromatic rings. The SMILES string of the molecule is CCC(CO)C(=O)NC(CCC(=O)O)C(=O)O. The lowest BCUT2D eigenvalue weighted by Gasteiger charge is -2.17. The molecular weight excluding hydrogens is 230 g/mol. The Morgan fingerprint density at radius 1 is 1.24 bits per heavy atom. The smallest absolute Gasteiger partial charge is 0.326 e. The monoisotopic (exact) mass is 247 g/mol. The molecule has 0 bridgehead atoms. The van der Waals surface area contributed by atoms with E-state index >= 15 is 0 Å². The molecule has 0 rings (SSSR count). The Bertz CT molecular complexity index is 287. The topological polar surface area (TPSA) is 124 Å². The summed E-state index contributed by atoms with van der Waals surface area (Å²) in [7, 11) is 0. The average molecular weight is 247 g/mol. The van der Waals surface area contributed by atoms with Gasteiger partial charge in [-0.1, -0.05) is 6.92 Å². The third-order valence-corrected chi connectivity index (χ3v) is 2.35. The van der Waals surface area contributed by atoms with Gasteiger partial charge in [0.25, 0.3) is 0 Å². The van der Waals surface area contributed by atoms with Crippen molar-refractivity contribution in [2.45, 2.75) is 32.2 Å². The summed E-state index contributed by atoms with van der Waals surface area (Å²) in [6, 6.07) is -1.24. The van der Waals surface area contributed by atoms with Crippen LogP contribution in [0.3, 0.4) is 0 Å². The lowest BCUT2D eigenvalue weighted by Crippen LogP contribution is -2.44. The number of hydrogen-bond acceptors (Lipinski definition) is 4. The second-order valence-corrected chi connectivity index (χ2v) is 3.62. The molecule has 0 fully saturated rings. The number of hydrogen-bond donors (Lipinski definition) is 4. The number of carbonyl (C=O) groups excluding carboxylic acids is 1. The van der Waals surface area contributed by atoms with E-state index in [-0.39, 0.29) is 19.4 Å². The van der Waals surface area contributed by atoms with Crippen LogP contribution in [-0.2, 0) is 14.4 Å². The zero-order valence-corrected chi connectivity index (χ0v) is 9.55. The number of nitrogens with one attached hydrogen (secondary N) is 1. The van der Waals surface area contributed by atoms with Crippen molar-refractivity contribution >= 4 is 17.8 Å². The van der Waals surface area contributed by atoms with E-state index in [4.69, 9.17) is 15.3 Å². The van der Waals surface area contributed by atoms with Gasteiger partial charge in [0.05, 0.1) is 12.5 Å². The number of rotatable bonds is 8. The van der Waals surface area contributed by atoms with E-state index in [0.717, 1.165) is 0 Å². The van der Waals surface area contributed by atoms with E-state index in [1.54, 1.807) is 6.92 Å². The van der Waals surface area contributed by atoms with Crippen LogP contribution in [-0.4, -0.2) is 45.8 Å². The molecule has 1 amide bonds. The van der Waals surface area contributed by atoms with E-state index in [1.165, 1.54) is 0 Å². The van der Waals surface area contributed by atoms with Crippen LogP contribution in [0.25, 0.3) is 0 Å². The molecule has 98 valence electrons. The number of aliphatic carboxylic acids is 2. The van der Waals surface area contributed by atoms with Crippen LogP contribution in [0.2, 0.25) is 0 Å². The molecule has 17 heavy (non-hydrogen) atoms. The zero-order valence-electron chi connectivity index (χ0n) is 9.55. The van der Waals surface area contributed by atoms with Gasteiger partial charge in [-0.25, -0.2) is 4.79 Å². The van der Waals surface area contributed by atoms with Crippen LogP contribution in [0.5, 0.6) is 0 Å². The summed E-state index contributed by atoms with van der Waals surface area (Å²) in [6.45, 7) is 1.32. The van der Waals surface area contributed by atoms with Gasteiger partial charge in [0, 0.05) is 6.42 Å². The molecule has 7 heteroatoms. The summed E-state index contributed by atoms with van der Waals surface area (Å²) < 4.78 is 0. The van der Waals surface area contributed by atoms with Crippen LogP contribution in [0.4, 0.5) is 0 Å². The summed E-state index contributed by atoms with van der Waals surface area (Å²) in [5.41, 5.74) is 0. The fourth-order valence-corrected chi connectivity index (χ4v) is 1.21. The highest BCUT2D eigenvalue weighted by atomic mass is 16.4. The first-order valence-electron chi connectivity index (χ1n) is 5.28. The largest absolute Gasteiger partial charge is 0.481 e.